The van der Waals surface area contributed by atoms with Crippen molar-refractivity contribution in [1.82, 2.24) is 0 Å². The quantitative estimate of drug-likeness (QED) is 0.0571. The van der Waals surface area contributed by atoms with Gasteiger partial charge in [0.15, 0.2) is 29.4 Å². The zero-order valence-electron chi connectivity index (χ0n) is 26.2. The third kappa shape index (κ3) is 8.44. The minimum absolute atomic E-state index is 0.243. The Hall–Kier alpha value is -4.97. The fraction of sp³-hybridized carbons (Fsp3) is 0.0714. The van der Waals surface area contributed by atoms with Gasteiger partial charge in [-0.2, -0.15) is 0 Å². The van der Waals surface area contributed by atoms with Gasteiger partial charge in [0, 0.05) is 6.42 Å². The molecule has 0 aromatic heterocycles. The van der Waals surface area contributed by atoms with Crippen molar-refractivity contribution in [2.24, 2.45) is 0 Å². The predicted molar refractivity (Wildman–Crippen MR) is 192 cm³/mol. The molecule has 0 aliphatic heterocycles. The number of hydrogen-bond acceptors (Lipinski definition) is 3. The molecule has 0 aliphatic rings. The molecule has 47 heavy (non-hydrogen) atoms. The fourth-order valence-corrected chi connectivity index (χ4v) is 9.41. The van der Waals surface area contributed by atoms with Crippen LogP contribution < -0.4 is 9.47 Å². The molecule has 6 rings (SSSR count). The van der Waals surface area contributed by atoms with Crippen molar-refractivity contribution >= 4 is 27.8 Å². The van der Waals surface area contributed by atoms with Crippen LogP contribution in [0.5, 0.6) is 11.5 Å². The van der Waals surface area contributed by atoms with Gasteiger partial charge in [0.05, 0.1) is 28.1 Å². The van der Waals surface area contributed by atoms with Gasteiger partial charge in [0.25, 0.3) is 0 Å². The second kappa shape index (κ2) is 16.0. The zero-order valence-corrected chi connectivity index (χ0v) is 27.8. The molecule has 5 heteroatoms. The lowest BCUT2D eigenvalue weighted by molar-refractivity contribution is -0.134. The second-order valence-corrected chi connectivity index (χ2v) is 14.8. The van der Waals surface area contributed by atoms with E-state index in [4.69, 9.17) is 9.47 Å². The standard InChI is InChI=1S/C42H36O3S2/c1-2-31-44-34-22-26-40(27-23-34)47(38-18-10-5-11-19-38)41-20-12-13-33(32-41)21-30-42(43)45-35-24-28-39(29-25-35)46(36-14-6-3-7-15-36)37-16-8-4-9-17-37/h2-20,22-29,31-32H,21,30H2,1H3/q+2/b31-2+. The minimum Gasteiger partial charge on any atom is -0.465 e. The van der Waals surface area contributed by atoms with Gasteiger partial charge >= 0.3 is 5.97 Å². The Balaban J connectivity index is 1.14. The summed E-state index contributed by atoms with van der Waals surface area (Å²) in [6.45, 7) is 1.93. The summed E-state index contributed by atoms with van der Waals surface area (Å²) in [7, 11) is -0.558. The first-order valence-corrected chi connectivity index (χ1v) is 18.0. The van der Waals surface area contributed by atoms with Gasteiger partial charge in [0.2, 0.25) is 0 Å². The highest BCUT2D eigenvalue weighted by Crippen LogP contribution is 2.34. The fourth-order valence-electron chi connectivity index (χ4n) is 5.19. The molecule has 0 radical (unpaired) electrons. The van der Waals surface area contributed by atoms with Crippen LogP contribution in [-0.4, -0.2) is 5.97 Å². The molecule has 0 amide bonds. The summed E-state index contributed by atoms with van der Waals surface area (Å²) in [5.74, 6) is 1.12. The van der Waals surface area contributed by atoms with Gasteiger partial charge < -0.3 is 9.47 Å². The number of ether oxygens (including phenoxy) is 2. The highest BCUT2D eigenvalue weighted by atomic mass is 32.2. The van der Waals surface area contributed by atoms with E-state index in [1.165, 1.54) is 29.4 Å². The highest BCUT2D eigenvalue weighted by molar-refractivity contribution is 7.97. The van der Waals surface area contributed by atoms with Gasteiger partial charge in [-0.05, 0) is 116 Å². The molecule has 1 unspecified atom stereocenters. The van der Waals surface area contributed by atoms with Crippen molar-refractivity contribution in [3.63, 3.8) is 0 Å². The molecule has 0 fully saturated rings. The Morgan fingerprint density at radius 1 is 0.532 bits per heavy atom. The minimum atomic E-state index is -0.308. The average Bonchev–Trinajstić information content (AvgIpc) is 3.13. The molecule has 6 aromatic rings. The monoisotopic (exact) mass is 652 g/mol. The zero-order chi connectivity index (χ0) is 32.3. The van der Waals surface area contributed by atoms with E-state index >= 15 is 0 Å². The molecular formula is C42H36O3S2+2. The Labute approximate surface area is 283 Å². The van der Waals surface area contributed by atoms with Crippen molar-refractivity contribution in [3.8, 4) is 11.5 Å². The lowest BCUT2D eigenvalue weighted by Crippen LogP contribution is -2.10. The summed E-state index contributed by atoms with van der Waals surface area (Å²) >= 11 is 0. The molecule has 6 aromatic carbocycles. The molecule has 0 saturated carbocycles. The van der Waals surface area contributed by atoms with Crippen molar-refractivity contribution < 1.29 is 14.3 Å². The van der Waals surface area contributed by atoms with Crippen molar-refractivity contribution in [1.29, 1.82) is 0 Å². The van der Waals surface area contributed by atoms with Gasteiger partial charge in [-0.1, -0.05) is 72.8 Å². The highest BCUT2D eigenvalue weighted by Gasteiger charge is 2.30. The van der Waals surface area contributed by atoms with Crippen LogP contribution in [0.3, 0.4) is 0 Å². The maximum atomic E-state index is 13.0. The number of aryl methyl sites for hydroxylation is 1. The molecule has 232 valence electrons. The topological polar surface area (TPSA) is 35.5 Å². The molecule has 3 nitrogen and oxygen atoms in total. The number of benzene rings is 6. The Morgan fingerprint density at radius 2 is 0.979 bits per heavy atom. The molecule has 0 heterocycles. The summed E-state index contributed by atoms with van der Waals surface area (Å²) in [6, 6.07) is 56.4. The van der Waals surface area contributed by atoms with Crippen molar-refractivity contribution in [3.05, 3.63) is 182 Å². The Kier molecular flexibility index (Phi) is 10.9. The van der Waals surface area contributed by atoms with E-state index in [0.29, 0.717) is 18.6 Å². The molecule has 1 atom stereocenters. The summed E-state index contributed by atoms with van der Waals surface area (Å²) in [6.07, 6.45) is 4.44. The van der Waals surface area contributed by atoms with E-state index < -0.39 is 0 Å². The summed E-state index contributed by atoms with van der Waals surface area (Å²) in [5, 5.41) is 0. The number of hydrogen-bond donors (Lipinski definition) is 0. The van der Waals surface area contributed by atoms with Crippen LogP contribution in [0.1, 0.15) is 18.9 Å². The van der Waals surface area contributed by atoms with E-state index in [9.17, 15) is 4.79 Å². The first kappa shape index (κ1) is 32.0. The third-order valence-electron chi connectivity index (χ3n) is 7.38. The van der Waals surface area contributed by atoms with Crippen LogP contribution >= 0.6 is 0 Å². The van der Waals surface area contributed by atoms with Gasteiger partial charge in [0.1, 0.15) is 11.5 Å². The van der Waals surface area contributed by atoms with E-state index in [0.717, 1.165) is 11.3 Å². The van der Waals surface area contributed by atoms with Crippen molar-refractivity contribution in [2.45, 2.75) is 49.1 Å². The summed E-state index contributed by atoms with van der Waals surface area (Å²) in [5.41, 5.74) is 1.10. The van der Waals surface area contributed by atoms with Crippen LogP contribution in [0.4, 0.5) is 0 Å². The van der Waals surface area contributed by atoms with Crippen LogP contribution in [0.25, 0.3) is 0 Å². The van der Waals surface area contributed by atoms with E-state index in [2.05, 4.69) is 121 Å². The molecule has 0 aliphatic carbocycles. The van der Waals surface area contributed by atoms with Gasteiger partial charge in [-0.25, -0.2) is 0 Å². The lowest BCUT2D eigenvalue weighted by atomic mass is 10.1. The van der Waals surface area contributed by atoms with Gasteiger partial charge in [-0.3, -0.25) is 4.79 Å². The Morgan fingerprint density at radius 3 is 1.49 bits per heavy atom. The predicted octanol–water partition coefficient (Wildman–Crippen LogP) is 10.3. The maximum absolute atomic E-state index is 13.0. The van der Waals surface area contributed by atoms with Crippen LogP contribution in [-0.2, 0) is 33.0 Å². The summed E-state index contributed by atoms with van der Waals surface area (Å²) in [4.78, 5) is 20.3. The van der Waals surface area contributed by atoms with Crippen LogP contribution in [0, 0.1) is 0 Å². The first-order chi connectivity index (χ1) is 23.2. The SMILES string of the molecule is C/C=C/Oc1ccc([S+](c2ccccc2)c2cccc(CCC(=O)Oc3ccc([S+](c4ccccc4)c4ccccc4)cc3)c2)cc1. The lowest BCUT2D eigenvalue weighted by Gasteiger charge is -2.10. The van der Waals surface area contributed by atoms with E-state index in [1.807, 2.05) is 55.5 Å². The molecule has 0 N–H and O–H groups in total. The first-order valence-electron chi connectivity index (χ1n) is 15.6. The largest absolute Gasteiger partial charge is 0.465 e. The summed E-state index contributed by atoms with van der Waals surface area (Å²) < 4.78 is 11.4. The molecule has 0 saturated heterocycles. The number of rotatable bonds is 12. The number of esters is 1. The van der Waals surface area contributed by atoms with E-state index in [1.54, 1.807) is 6.26 Å². The molecular weight excluding hydrogens is 617 g/mol. The number of carbonyl (C=O) groups is 1. The second-order valence-electron chi connectivity index (χ2n) is 10.7. The molecule has 0 bridgehead atoms. The third-order valence-corrected chi connectivity index (χ3v) is 11.8. The average molecular weight is 653 g/mol. The van der Waals surface area contributed by atoms with Crippen LogP contribution in [0.15, 0.2) is 206 Å². The van der Waals surface area contributed by atoms with Crippen molar-refractivity contribution in [2.75, 3.05) is 0 Å². The Bertz CT molecular complexity index is 1850. The maximum Gasteiger partial charge on any atom is 0.311 e. The van der Waals surface area contributed by atoms with Crippen LogP contribution in [0.2, 0.25) is 0 Å². The van der Waals surface area contributed by atoms with Gasteiger partial charge in [-0.15, -0.1) is 0 Å². The number of carbonyl (C=O) groups excluding carboxylic acids is 1. The van der Waals surface area contributed by atoms with E-state index in [-0.39, 0.29) is 27.8 Å². The molecule has 0 spiro atoms. The normalized spacial score (nSPS) is 11.8. The number of allylic oxidation sites excluding steroid dienone is 1. The smallest absolute Gasteiger partial charge is 0.311 e.